The summed E-state index contributed by atoms with van der Waals surface area (Å²) in [4.78, 5) is 4.61. The minimum Gasteiger partial charge on any atom is -0.389 e. The van der Waals surface area contributed by atoms with Gasteiger partial charge in [0.25, 0.3) is 0 Å². The molecular formula is C11H18N4O2S2. The Labute approximate surface area is 118 Å². The number of nitrogens with one attached hydrogen (secondary N) is 2. The van der Waals surface area contributed by atoms with Crippen LogP contribution in [0.4, 0.5) is 5.82 Å². The van der Waals surface area contributed by atoms with Crippen LogP contribution in [0.5, 0.6) is 0 Å². The summed E-state index contributed by atoms with van der Waals surface area (Å²) >= 11 is 4.95. The van der Waals surface area contributed by atoms with Crippen LogP contribution in [0.15, 0.2) is 12.1 Å². The maximum Gasteiger partial charge on any atom is 0.208 e. The molecule has 0 atom stereocenters. The van der Waals surface area contributed by atoms with Gasteiger partial charge in [-0.05, 0) is 25.5 Å². The van der Waals surface area contributed by atoms with Crippen molar-refractivity contribution in [3.63, 3.8) is 0 Å². The van der Waals surface area contributed by atoms with Crippen LogP contribution in [0.2, 0.25) is 0 Å². The predicted molar refractivity (Wildman–Crippen MR) is 80.8 cm³/mol. The average molecular weight is 302 g/mol. The minimum atomic E-state index is -3.13. The molecule has 0 spiro atoms. The zero-order valence-electron chi connectivity index (χ0n) is 10.9. The van der Waals surface area contributed by atoms with Crippen molar-refractivity contribution < 1.29 is 8.42 Å². The van der Waals surface area contributed by atoms with Crippen molar-refractivity contribution in [1.82, 2.24) is 9.71 Å². The molecule has 8 heteroatoms. The van der Waals surface area contributed by atoms with E-state index in [4.69, 9.17) is 18.0 Å². The zero-order valence-corrected chi connectivity index (χ0v) is 12.6. The maximum absolute atomic E-state index is 10.9. The Morgan fingerprint density at radius 1 is 1.42 bits per heavy atom. The summed E-state index contributed by atoms with van der Waals surface area (Å²) in [6, 6.07) is 3.66. The lowest BCUT2D eigenvalue weighted by molar-refractivity contribution is 0.586. The summed E-state index contributed by atoms with van der Waals surface area (Å²) < 4.78 is 24.2. The van der Waals surface area contributed by atoms with Gasteiger partial charge in [0.2, 0.25) is 10.0 Å². The number of hydrogen-bond acceptors (Lipinski definition) is 5. The fraction of sp³-hybridized carbons (Fsp3) is 0.455. The van der Waals surface area contributed by atoms with Gasteiger partial charge in [-0.2, -0.15) is 0 Å². The average Bonchev–Trinajstić information content (AvgIpc) is 2.26. The molecule has 0 aliphatic rings. The Bertz CT molecular complexity index is 558. The largest absolute Gasteiger partial charge is 0.389 e. The molecule has 1 aromatic rings. The third-order valence-corrected chi connectivity index (χ3v) is 3.26. The van der Waals surface area contributed by atoms with Gasteiger partial charge in [0.1, 0.15) is 10.8 Å². The zero-order chi connectivity index (χ0) is 14.5. The maximum atomic E-state index is 10.9. The van der Waals surface area contributed by atoms with Gasteiger partial charge in [-0.3, -0.25) is 0 Å². The topological polar surface area (TPSA) is 97.1 Å². The van der Waals surface area contributed by atoms with E-state index in [0.29, 0.717) is 30.9 Å². The van der Waals surface area contributed by atoms with Gasteiger partial charge >= 0.3 is 0 Å². The molecule has 6 nitrogen and oxygen atoms in total. The van der Waals surface area contributed by atoms with Crippen molar-refractivity contribution in [2.24, 2.45) is 5.73 Å². The standard InChI is InChI=1S/C11H18N4O2S2/c1-8-4-5-9(10(12)18)11(15-8)13-6-3-7-14-19(2,16)17/h4-5,14H,3,6-7H2,1-2H3,(H2,12,18)(H,13,15). The molecular weight excluding hydrogens is 284 g/mol. The van der Waals surface area contributed by atoms with Gasteiger partial charge in [-0.15, -0.1) is 0 Å². The lowest BCUT2D eigenvalue weighted by Crippen LogP contribution is -2.25. The number of rotatable bonds is 7. The number of pyridine rings is 1. The second kappa shape index (κ2) is 6.78. The third kappa shape index (κ3) is 5.95. The van der Waals surface area contributed by atoms with E-state index in [0.717, 1.165) is 11.9 Å². The summed E-state index contributed by atoms with van der Waals surface area (Å²) in [7, 11) is -3.13. The van der Waals surface area contributed by atoms with Crippen molar-refractivity contribution in [2.75, 3.05) is 24.7 Å². The van der Waals surface area contributed by atoms with Crippen LogP contribution in [0.25, 0.3) is 0 Å². The number of hydrogen-bond donors (Lipinski definition) is 3. The minimum absolute atomic E-state index is 0.282. The van der Waals surface area contributed by atoms with Gasteiger partial charge in [-0.25, -0.2) is 18.1 Å². The molecule has 0 aliphatic heterocycles. The summed E-state index contributed by atoms with van der Waals surface area (Å²) in [5.41, 5.74) is 7.16. The van der Waals surface area contributed by atoms with E-state index in [1.807, 2.05) is 19.1 Å². The van der Waals surface area contributed by atoms with Crippen LogP contribution in [-0.2, 0) is 10.0 Å². The molecule has 4 N–H and O–H groups in total. The van der Waals surface area contributed by atoms with E-state index < -0.39 is 10.0 Å². The number of nitrogens with zero attached hydrogens (tertiary/aromatic N) is 1. The number of sulfonamides is 1. The lowest BCUT2D eigenvalue weighted by Gasteiger charge is -2.11. The Kier molecular flexibility index (Phi) is 5.64. The van der Waals surface area contributed by atoms with Gasteiger partial charge < -0.3 is 11.1 Å². The third-order valence-electron chi connectivity index (χ3n) is 2.31. The molecule has 1 aromatic heterocycles. The van der Waals surface area contributed by atoms with Crippen molar-refractivity contribution in [1.29, 1.82) is 0 Å². The Morgan fingerprint density at radius 3 is 2.68 bits per heavy atom. The number of aryl methyl sites for hydroxylation is 1. The molecule has 0 aromatic carbocycles. The molecule has 0 unspecified atom stereocenters. The van der Waals surface area contributed by atoms with Crippen molar-refractivity contribution in [3.8, 4) is 0 Å². The summed E-state index contributed by atoms with van der Waals surface area (Å²) in [6.45, 7) is 2.83. The van der Waals surface area contributed by atoms with Crippen molar-refractivity contribution in [2.45, 2.75) is 13.3 Å². The second-order valence-electron chi connectivity index (χ2n) is 4.16. The molecule has 0 saturated heterocycles. The first-order chi connectivity index (χ1) is 8.79. The molecule has 0 radical (unpaired) electrons. The molecule has 1 rings (SSSR count). The number of thiocarbonyl (C=S) groups is 1. The first-order valence-corrected chi connectivity index (χ1v) is 8.05. The molecule has 0 saturated carbocycles. The number of anilines is 1. The molecule has 0 bridgehead atoms. The molecule has 19 heavy (non-hydrogen) atoms. The smallest absolute Gasteiger partial charge is 0.208 e. The number of aromatic nitrogens is 1. The Balaban J connectivity index is 2.53. The van der Waals surface area contributed by atoms with Gasteiger partial charge in [-0.1, -0.05) is 12.2 Å². The van der Waals surface area contributed by atoms with E-state index in [-0.39, 0.29) is 4.99 Å². The van der Waals surface area contributed by atoms with Crippen LogP contribution >= 0.6 is 12.2 Å². The van der Waals surface area contributed by atoms with Crippen LogP contribution in [0.1, 0.15) is 17.7 Å². The van der Waals surface area contributed by atoms with E-state index in [1.165, 1.54) is 0 Å². The highest BCUT2D eigenvalue weighted by Gasteiger charge is 2.06. The van der Waals surface area contributed by atoms with Crippen molar-refractivity contribution in [3.05, 3.63) is 23.4 Å². The quantitative estimate of drug-likeness (QED) is 0.497. The van der Waals surface area contributed by atoms with E-state index in [9.17, 15) is 8.42 Å². The predicted octanol–water partition coefficient (Wildman–Crippen LogP) is 0.375. The fourth-order valence-electron chi connectivity index (χ4n) is 1.44. The number of nitrogens with two attached hydrogens (primary N) is 1. The van der Waals surface area contributed by atoms with Crippen LogP contribution < -0.4 is 15.8 Å². The van der Waals surface area contributed by atoms with E-state index >= 15 is 0 Å². The first-order valence-electron chi connectivity index (χ1n) is 5.75. The van der Waals surface area contributed by atoms with Crippen LogP contribution in [0, 0.1) is 6.92 Å². The highest BCUT2D eigenvalue weighted by atomic mass is 32.2. The Morgan fingerprint density at radius 2 is 2.11 bits per heavy atom. The monoisotopic (exact) mass is 302 g/mol. The van der Waals surface area contributed by atoms with Crippen molar-refractivity contribution >= 4 is 33.0 Å². The summed E-state index contributed by atoms with van der Waals surface area (Å²) in [5, 5.41) is 3.11. The summed E-state index contributed by atoms with van der Waals surface area (Å²) in [5.74, 6) is 0.631. The highest BCUT2D eigenvalue weighted by molar-refractivity contribution is 7.88. The SMILES string of the molecule is Cc1ccc(C(N)=S)c(NCCCNS(C)(=O)=O)n1. The molecule has 0 aliphatic carbocycles. The summed E-state index contributed by atoms with van der Waals surface area (Å²) in [6.07, 6.45) is 1.77. The van der Waals surface area contributed by atoms with Gasteiger partial charge in [0.05, 0.1) is 11.8 Å². The molecule has 0 amide bonds. The van der Waals surface area contributed by atoms with Gasteiger partial charge in [0, 0.05) is 18.8 Å². The van der Waals surface area contributed by atoms with Crippen LogP contribution in [-0.4, -0.2) is 37.7 Å². The first kappa shape index (κ1) is 15.8. The van der Waals surface area contributed by atoms with E-state index in [2.05, 4.69) is 15.0 Å². The van der Waals surface area contributed by atoms with Crippen LogP contribution in [0.3, 0.4) is 0 Å². The van der Waals surface area contributed by atoms with E-state index in [1.54, 1.807) is 0 Å². The molecule has 106 valence electrons. The second-order valence-corrected chi connectivity index (χ2v) is 6.43. The fourth-order valence-corrected chi connectivity index (χ4v) is 2.12. The highest BCUT2D eigenvalue weighted by Crippen LogP contribution is 2.13. The lowest BCUT2D eigenvalue weighted by atomic mass is 10.2. The molecule has 0 fully saturated rings. The molecule has 1 heterocycles. The Hall–Kier alpha value is -1.25. The normalized spacial score (nSPS) is 11.3. The van der Waals surface area contributed by atoms with Gasteiger partial charge in [0.15, 0.2) is 0 Å².